The summed E-state index contributed by atoms with van der Waals surface area (Å²) < 4.78 is 1.10. The van der Waals surface area contributed by atoms with Gasteiger partial charge in [0, 0.05) is 0 Å². The van der Waals surface area contributed by atoms with Crippen molar-refractivity contribution in [2.75, 3.05) is 0 Å². The number of nitro groups is 1. The average Bonchev–Trinajstić information content (AvgIpc) is 2.44. The summed E-state index contributed by atoms with van der Waals surface area (Å²) in [7, 11) is 0. The van der Waals surface area contributed by atoms with Gasteiger partial charge in [0.25, 0.3) is 0 Å². The quantitative estimate of drug-likeness (QED) is 0.519. The summed E-state index contributed by atoms with van der Waals surface area (Å²) in [4.78, 5) is 14.0. The molecule has 2 aromatic heterocycles. The molecule has 0 spiro atoms. The average molecular weight is 205 g/mol. The molecule has 0 unspecified atom stereocenters. The van der Waals surface area contributed by atoms with Gasteiger partial charge in [0.1, 0.15) is 5.51 Å². The van der Waals surface area contributed by atoms with Crippen LogP contribution in [0.25, 0.3) is 4.96 Å². The smallest absolute Gasteiger partial charge is 0.358 e. The van der Waals surface area contributed by atoms with Crippen molar-refractivity contribution in [1.82, 2.24) is 14.6 Å². The minimum Gasteiger partial charge on any atom is -0.358 e. The van der Waals surface area contributed by atoms with E-state index < -0.39 is 4.92 Å². The Bertz CT molecular complexity index is 449. The van der Waals surface area contributed by atoms with Gasteiger partial charge in [-0.05, 0) is 4.92 Å². The maximum atomic E-state index is 10.4. The molecule has 2 rings (SSSR count). The fraction of sp³-hybridized carbons (Fsp3) is 0. The maximum absolute atomic E-state index is 10.4. The van der Waals surface area contributed by atoms with E-state index in [4.69, 9.17) is 11.6 Å². The van der Waals surface area contributed by atoms with Crippen LogP contribution in [0.5, 0.6) is 0 Å². The second-order valence-corrected chi connectivity index (χ2v) is 3.09. The first-order valence-electron chi connectivity index (χ1n) is 2.82. The van der Waals surface area contributed by atoms with E-state index in [1.165, 1.54) is 16.8 Å². The highest BCUT2D eigenvalue weighted by Gasteiger charge is 2.23. The number of hydrogen-bond donors (Lipinski definition) is 0. The fourth-order valence-electron chi connectivity index (χ4n) is 0.810. The molecule has 12 heavy (non-hydrogen) atoms. The lowest BCUT2D eigenvalue weighted by molar-refractivity contribution is -0.390. The molecule has 0 aromatic carbocycles. The molecular weight excluding hydrogens is 204 g/mol. The molecule has 6 nitrogen and oxygen atoms in total. The Kier molecular flexibility index (Phi) is 1.48. The predicted molar refractivity (Wildman–Crippen MR) is 42.5 cm³/mol. The number of aromatic nitrogens is 3. The molecular formula is C4HClN4O2S. The molecule has 0 aliphatic carbocycles. The molecule has 0 saturated carbocycles. The van der Waals surface area contributed by atoms with Gasteiger partial charge >= 0.3 is 10.8 Å². The third kappa shape index (κ3) is 0.868. The van der Waals surface area contributed by atoms with Crippen molar-refractivity contribution in [1.29, 1.82) is 0 Å². The summed E-state index contributed by atoms with van der Waals surface area (Å²) in [6.45, 7) is 0. The Labute approximate surface area is 74.6 Å². The molecule has 0 bridgehead atoms. The first kappa shape index (κ1) is 7.44. The van der Waals surface area contributed by atoms with E-state index in [1.54, 1.807) is 0 Å². The molecule has 0 amide bonds. The number of imidazole rings is 1. The third-order valence-corrected chi connectivity index (χ3v) is 2.18. The first-order valence-corrected chi connectivity index (χ1v) is 4.08. The van der Waals surface area contributed by atoms with Crippen molar-refractivity contribution >= 4 is 33.7 Å². The van der Waals surface area contributed by atoms with Crippen LogP contribution in [0.1, 0.15) is 0 Å². The molecule has 8 heteroatoms. The van der Waals surface area contributed by atoms with Gasteiger partial charge in [0.05, 0.1) is 0 Å². The van der Waals surface area contributed by atoms with Gasteiger partial charge in [-0.15, -0.1) is 0 Å². The Morgan fingerprint density at radius 2 is 2.50 bits per heavy atom. The minimum absolute atomic E-state index is 0.126. The van der Waals surface area contributed by atoms with Crippen LogP contribution in [0.15, 0.2) is 5.51 Å². The fourth-order valence-corrected chi connectivity index (χ4v) is 1.70. The first-order chi connectivity index (χ1) is 5.70. The van der Waals surface area contributed by atoms with Gasteiger partial charge in [-0.3, -0.25) is 0 Å². The largest absolute Gasteiger partial charge is 0.388 e. The Morgan fingerprint density at radius 1 is 1.75 bits per heavy atom. The summed E-state index contributed by atoms with van der Waals surface area (Å²) in [6.07, 6.45) is 0. The number of rotatable bonds is 1. The number of fused-ring (bicyclic) bond motifs is 1. The highest BCUT2D eigenvalue weighted by molar-refractivity contribution is 7.14. The third-order valence-electron chi connectivity index (χ3n) is 1.25. The van der Waals surface area contributed by atoms with E-state index in [0.29, 0.717) is 4.96 Å². The van der Waals surface area contributed by atoms with Crippen LogP contribution < -0.4 is 0 Å². The van der Waals surface area contributed by atoms with E-state index in [-0.39, 0.29) is 11.0 Å². The van der Waals surface area contributed by atoms with E-state index in [9.17, 15) is 10.1 Å². The van der Waals surface area contributed by atoms with E-state index in [2.05, 4.69) is 10.1 Å². The number of hydrogen-bond acceptors (Lipinski definition) is 5. The highest BCUT2D eigenvalue weighted by Crippen LogP contribution is 2.25. The molecule has 62 valence electrons. The summed E-state index contributed by atoms with van der Waals surface area (Å²) in [5.74, 6) is -0.284. The van der Waals surface area contributed by atoms with Gasteiger partial charge in [0.2, 0.25) is 5.15 Å². The highest BCUT2D eigenvalue weighted by atomic mass is 35.5. The molecule has 0 fully saturated rings. The van der Waals surface area contributed by atoms with Crippen LogP contribution in [0.3, 0.4) is 0 Å². The van der Waals surface area contributed by atoms with Crippen LogP contribution in [-0.4, -0.2) is 19.5 Å². The van der Waals surface area contributed by atoms with E-state index >= 15 is 0 Å². The van der Waals surface area contributed by atoms with Crippen LogP contribution in [0, 0.1) is 10.1 Å². The van der Waals surface area contributed by atoms with Crippen molar-refractivity contribution in [3.05, 3.63) is 20.8 Å². The van der Waals surface area contributed by atoms with Crippen LogP contribution >= 0.6 is 22.9 Å². The molecule has 0 aliphatic heterocycles. The second kappa shape index (κ2) is 2.39. The van der Waals surface area contributed by atoms with Gasteiger partial charge in [-0.2, -0.15) is 4.98 Å². The topological polar surface area (TPSA) is 73.3 Å². The molecule has 2 heterocycles. The van der Waals surface area contributed by atoms with Crippen LogP contribution in [0.4, 0.5) is 5.82 Å². The Balaban J connectivity index is 2.84. The lowest BCUT2D eigenvalue weighted by Crippen LogP contribution is -1.94. The van der Waals surface area contributed by atoms with E-state index in [1.807, 2.05) is 0 Å². The molecule has 0 saturated heterocycles. The van der Waals surface area contributed by atoms with Crippen molar-refractivity contribution in [2.45, 2.75) is 0 Å². The van der Waals surface area contributed by atoms with Crippen molar-refractivity contribution in [2.24, 2.45) is 0 Å². The van der Waals surface area contributed by atoms with Gasteiger partial charge in [0.15, 0.2) is 0 Å². The van der Waals surface area contributed by atoms with E-state index in [0.717, 1.165) is 4.52 Å². The zero-order chi connectivity index (χ0) is 8.72. The van der Waals surface area contributed by atoms with Crippen molar-refractivity contribution < 1.29 is 4.92 Å². The molecule has 2 aromatic rings. The SMILES string of the molecule is O=[N+]([O-])c1c(Cl)nc2scnn12. The van der Waals surface area contributed by atoms with Crippen molar-refractivity contribution in [3.63, 3.8) is 0 Å². The molecule has 0 aliphatic rings. The van der Waals surface area contributed by atoms with Gasteiger partial charge in [-0.1, -0.05) is 32.6 Å². The standard InChI is InChI=1S/C4HClN4O2S/c5-2-3(9(10)11)8-4(7-2)12-1-6-8/h1H. The summed E-state index contributed by atoms with van der Waals surface area (Å²) >= 11 is 6.69. The predicted octanol–water partition coefficient (Wildman–Crippen LogP) is 1.35. The van der Waals surface area contributed by atoms with Crippen LogP contribution in [0.2, 0.25) is 5.15 Å². The number of nitrogens with zero attached hydrogens (tertiary/aromatic N) is 4. The Hall–Kier alpha value is -1.21. The van der Waals surface area contributed by atoms with Gasteiger partial charge in [-0.25, -0.2) is 0 Å². The zero-order valence-corrected chi connectivity index (χ0v) is 7.04. The minimum atomic E-state index is -0.609. The number of halogens is 1. The van der Waals surface area contributed by atoms with Crippen molar-refractivity contribution in [3.8, 4) is 0 Å². The molecule has 0 atom stereocenters. The Morgan fingerprint density at radius 3 is 3.17 bits per heavy atom. The normalized spacial score (nSPS) is 10.8. The van der Waals surface area contributed by atoms with Crippen LogP contribution in [-0.2, 0) is 0 Å². The lowest BCUT2D eigenvalue weighted by atomic mass is 10.8. The lowest BCUT2D eigenvalue weighted by Gasteiger charge is -1.87. The second-order valence-electron chi connectivity index (χ2n) is 1.92. The summed E-state index contributed by atoms with van der Waals surface area (Å²) in [6, 6.07) is 0. The van der Waals surface area contributed by atoms with Gasteiger partial charge < -0.3 is 10.1 Å². The zero-order valence-electron chi connectivity index (χ0n) is 5.47. The maximum Gasteiger partial charge on any atom is 0.388 e. The monoisotopic (exact) mass is 204 g/mol. The summed E-state index contributed by atoms with van der Waals surface area (Å²) in [5, 5.41) is 14.0. The molecule has 0 N–H and O–H groups in total. The molecule has 0 radical (unpaired) electrons. The summed E-state index contributed by atoms with van der Waals surface area (Å²) in [5.41, 5.74) is 1.46.